The van der Waals surface area contributed by atoms with Crippen LogP contribution in [0.25, 0.3) is 5.69 Å². The Labute approximate surface area is 161 Å². The highest BCUT2D eigenvalue weighted by molar-refractivity contribution is 9.10. The molecule has 0 aliphatic carbocycles. The molecular weight excluding hydrogens is 392 g/mol. The van der Waals surface area contributed by atoms with Gasteiger partial charge in [-0.1, -0.05) is 24.3 Å². The van der Waals surface area contributed by atoms with E-state index in [0.717, 1.165) is 27.1 Å². The molecule has 6 heteroatoms. The monoisotopic (exact) mass is 412 g/mol. The van der Waals surface area contributed by atoms with Crippen molar-refractivity contribution in [2.45, 2.75) is 6.92 Å². The van der Waals surface area contributed by atoms with Gasteiger partial charge < -0.3 is 4.90 Å². The first-order valence-corrected chi connectivity index (χ1v) is 9.04. The zero-order valence-corrected chi connectivity index (χ0v) is 16.9. The summed E-state index contributed by atoms with van der Waals surface area (Å²) in [6.45, 7) is 1.90. The Balaban J connectivity index is 2.00. The quantitative estimate of drug-likeness (QED) is 0.606. The third kappa shape index (κ3) is 3.37. The first-order valence-electron chi connectivity index (χ1n) is 8.25. The van der Waals surface area contributed by atoms with E-state index in [2.05, 4.69) is 20.9 Å². The van der Waals surface area contributed by atoms with Gasteiger partial charge in [-0.3, -0.25) is 9.48 Å². The van der Waals surface area contributed by atoms with Gasteiger partial charge >= 0.3 is 0 Å². The Morgan fingerprint density at radius 2 is 1.81 bits per heavy atom. The number of benzene rings is 2. The zero-order chi connectivity index (χ0) is 18.8. The maximum absolute atomic E-state index is 12.9. The van der Waals surface area contributed by atoms with Crippen LogP contribution in [0.15, 0.2) is 62.8 Å². The maximum atomic E-state index is 12.9. The van der Waals surface area contributed by atoms with Gasteiger partial charge in [0.05, 0.1) is 17.1 Å². The number of rotatable bonds is 4. The molecule has 26 heavy (non-hydrogen) atoms. The number of aromatic nitrogens is 2. The van der Waals surface area contributed by atoms with Crippen molar-refractivity contribution in [1.82, 2.24) is 9.36 Å². The van der Waals surface area contributed by atoms with E-state index in [0.29, 0.717) is 5.69 Å². The van der Waals surface area contributed by atoms with Gasteiger partial charge in [0.15, 0.2) is 5.69 Å². The summed E-state index contributed by atoms with van der Waals surface area (Å²) >= 11 is 3.58. The molecule has 3 rings (SSSR count). The highest BCUT2D eigenvalue weighted by Gasteiger charge is 2.15. The molecule has 0 atom stereocenters. The number of hydrogen-bond acceptors (Lipinski definition) is 3. The van der Waals surface area contributed by atoms with Crippen molar-refractivity contribution >= 4 is 33.5 Å². The third-order valence-corrected chi connectivity index (χ3v) is 4.96. The molecule has 1 aromatic heterocycles. The van der Waals surface area contributed by atoms with E-state index in [4.69, 9.17) is 0 Å². The standard InChI is InChI=1S/C20H21BrN4O/c1-14-19(20(26)25(24(14)4)16-8-6-5-7-9-16)22-13-15-10-11-18(23(2)3)17(21)12-15/h5-13H,1-4H3. The van der Waals surface area contributed by atoms with Crippen molar-refractivity contribution < 1.29 is 0 Å². The molecule has 0 radical (unpaired) electrons. The van der Waals surface area contributed by atoms with Crippen LogP contribution < -0.4 is 10.5 Å². The summed E-state index contributed by atoms with van der Waals surface area (Å²) in [6.07, 6.45) is 1.73. The average molecular weight is 413 g/mol. The molecule has 134 valence electrons. The van der Waals surface area contributed by atoms with Gasteiger partial charge in [0, 0.05) is 31.8 Å². The van der Waals surface area contributed by atoms with Crippen molar-refractivity contribution in [2.24, 2.45) is 12.0 Å². The first kappa shape index (κ1) is 18.2. The van der Waals surface area contributed by atoms with Crippen LogP contribution >= 0.6 is 15.9 Å². The molecule has 0 aliphatic rings. The fourth-order valence-electron chi connectivity index (χ4n) is 2.81. The van der Waals surface area contributed by atoms with Crippen molar-refractivity contribution in [1.29, 1.82) is 0 Å². The number of nitrogens with zero attached hydrogens (tertiary/aromatic N) is 4. The maximum Gasteiger partial charge on any atom is 0.297 e. The molecule has 0 aliphatic heterocycles. The third-order valence-electron chi connectivity index (χ3n) is 4.32. The number of hydrogen-bond donors (Lipinski definition) is 0. The van der Waals surface area contributed by atoms with Gasteiger partial charge in [0.2, 0.25) is 0 Å². The largest absolute Gasteiger partial charge is 0.377 e. The molecule has 0 saturated carbocycles. The van der Waals surface area contributed by atoms with Crippen LogP contribution in [-0.4, -0.2) is 29.7 Å². The van der Waals surface area contributed by atoms with Crippen LogP contribution in [0.5, 0.6) is 0 Å². The number of halogens is 1. The molecule has 3 aromatic rings. The molecule has 2 aromatic carbocycles. The Morgan fingerprint density at radius 1 is 1.12 bits per heavy atom. The van der Waals surface area contributed by atoms with Crippen molar-refractivity contribution in [3.63, 3.8) is 0 Å². The van der Waals surface area contributed by atoms with Crippen LogP contribution in [0.1, 0.15) is 11.3 Å². The summed E-state index contributed by atoms with van der Waals surface area (Å²) in [5.41, 5.74) is 3.98. The van der Waals surface area contributed by atoms with Crippen LogP contribution in [0, 0.1) is 6.92 Å². The normalized spacial score (nSPS) is 11.3. The number of anilines is 1. The SMILES string of the molecule is Cc1c(N=Cc2ccc(N(C)C)c(Br)c2)c(=O)n(-c2ccccc2)n1C. The van der Waals surface area contributed by atoms with E-state index in [1.54, 1.807) is 10.9 Å². The molecule has 5 nitrogen and oxygen atoms in total. The Morgan fingerprint density at radius 3 is 2.42 bits per heavy atom. The highest BCUT2D eigenvalue weighted by Crippen LogP contribution is 2.25. The molecule has 0 unspecified atom stereocenters. The van der Waals surface area contributed by atoms with Gasteiger partial charge in [-0.25, -0.2) is 9.67 Å². The fourth-order valence-corrected chi connectivity index (χ4v) is 3.56. The van der Waals surface area contributed by atoms with E-state index in [1.165, 1.54) is 0 Å². The lowest BCUT2D eigenvalue weighted by Crippen LogP contribution is -2.19. The minimum absolute atomic E-state index is 0.128. The summed E-state index contributed by atoms with van der Waals surface area (Å²) in [6, 6.07) is 15.6. The molecule has 0 saturated heterocycles. The fraction of sp³-hybridized carbons (Fsp3) is 0.200. The predicted octanol–water partition coefficient (Wildman–Crippen LogP) is 4.06. The summed E-state index contributed by atoms with van der Waals surface area (Å²) in [7, 11) is 5.85. The Bertz CT molecular complexity index is 1020. The van der Waals surface area contributed by atoms with Crippen LogP contribution in [0.4, 0.5) is 11.4 Å². The molecular formula is C20H21BrN4O. The van der Waals surface area contributed by atoms with E-state index in [-0.39, 0.29) is 5.56 Å². The van der Waals surface area contributed by atoms with Gasteiger partial charge in [0.1, 0.15) is 0 Å². The first-order chi connectivity index (χ1) is 12.4. The number of para-hydroxylation sites is 1. The Hall–Kier alpha value is -2.60. The molecule has 0 spiro atoms. The summed E-state index contributed by atoms with van der Waals surface area (Å²) in [4.78, 5) is 19.4. The van der Waals surface area contributed by atoms with E-state index in [9.17, 15) is 4.79 Å². The zero-order valence-electron chi connectivity index (χ0n) is 15.3. The molecule has 0 amide bonds. The van der Waals surface area contributed by atoms with E-state index < -0.39 is 0 Å². The van der Waals surface area contributed by atoms with Gasteiger partial charge in [-0.2, -0.15) is 0 Å². The summed E-state index contributed by atoms with van der Waals surface area (Å²) in [5, 5.41) is 0. The molecule has 0 bridgehead atoms. The van der Waals surface area contributed by atoms with E-state index in [1.807, 2.05) is 86.2 Å². The molecule has 0 fully saturated rings. The second-order valence-corrected chi connectivity index (χ2v) is 7.13. The lowest BCUT2D eigenvalue weighted by atomic mass is 10.2. The van der Waals surface area contributed by atoms with Crippen molar-refractivity contribution in [3.8, 4) is 5.69 Å². The van der Waals surface area contributed by atoms with Crippen LogP contribution in [-0.2, 0) is 7.05 Å². The van der Waals surface area contributed by atoms with Gasteiger partial charge in [-0.15, -0.1) is 0 Å². The molecule has 1 heterocycles. The summed E-state index contributed by atoms with van der Waals surface area (Å²) < 4.78 is 4.44. The average Bonchev–Trinajstić information content (AvgIpc) is 2.83. The topological polar surface area (TPSA) is 42.5 Å². The highest BCUT2D eigenvalue weighted by atomic mass is 79.9. The number of aliphatic imine (C=N–C) groups is 1. The molecule has 0 N–H and O–H groups in total. The predicted molar refractivity (Wildman–Crippen MR) is 111 cm³/mol. The lowest BCUT2D eigenvalue weighted by molar-refractivity contribution is 0.630. The lowest BCUT2D eigenvalue weighted by Gasteiger charge is -2.14. The second-order valence-electron chi connectivity index (χ2n) is 6.27. The van der Waals surface area contributed by atoms with Crippen molar-refractivity contribution in [2.75, 3.05) is 19.0 Å². The van der Waals surface area contributed by atoms with Crippen LogP contribution in [0.2, 0.25) is 0 Å². The summed E-state index contributed by atoms with van der Waals surface area (Å²) in [5.74, 6) is 0. The minimum Gasteiger partial charge on any atom is -0.377 e. The van der Waals surface area contributed by atoms with E-state index >= 15 is 0 Å². The second kappa shape index (κ2) is 7.33. The van der Waals surface area contributed by atoms with Gasteiger partial charge in [-0.05, 0) is 52.7 Å². The van der Waals surface area contributed by atoms with Gasteiger partial charge in [0.25, 0.3) is 5.56 Å². The van der Waals surface area contributed by atoms with Crippen LogP contribution in [0.3, 0.4) is 0 Å². The minimum atomic E-state index is -0.128. The van der Waals surface area contributed by atoms with Crippen molar-refractivity contribution in [3.05, 3.63) is 74.6 Å². The Kier molecular flexibility index (Phi) is 5.13. The smallest absolute Gasteiger partial charge is 0.297 e.